The second-order valence-corrected chi connectivity index (χ2v) is 8.92. The van der Waals surface area contributed by atoms with E-state index < -0.39 is 30.0 Å². The number of methoxy groups -OCH3 is 1. The second kappa shape index (κ2) is 12.9. The highest BCUT2D eigenvalue weighted by atomic mass is 16.6. The fourth-order valence-electron chi connectivity index (χ4n) is 4.37. The maximum atomic E-state index is 13.1. The minimum atomic E-state index is -0.981. The van der Waals surface area contributed by atoms with Crippen molar-refractivity contribution in [1.82, 2.24) is 10.3 Å². The summed E-state index contributed by atoms with van der Waals surface area (Å²) in [5.74, 6) is -0.993. The maximum absolute atomic E-state index is 13.1. The molecule has 0 bridgehead atoms. The number of esters is 2. The van der Waals surface area contributed by atoms with Crippen LogP contribution in [0.15, 0.2) is 42.6 Å². The van der Waals surface area contributed by atoms with E-state index in [1.165, 1.54) is 33.2 Å². The Morgan fingerprint density at radius 2 is 1.72 bits per heavy atom. The van der Waals surface area contributed by atoms with Gasteiger partial charge in [-0.1, -0.05) is 37.5 Å². The molecule has 9 nitrogen and oxygen atoms in total. The first-order valence-corrected chi connectivity index (χ1v) is 12.2. The summed E-state index contributed by atoms with van der Waals surface area (Å²) in [6.07, 6.45) is 5.71. The summed E-state index contributed by atoms with van der Waals surface area (Å²) in [6, 6.07) is 9.89. The summed E-state index contributed by atoms with van der Waals surface area (Å²) in [7, 11) is 1.38. The molecule has 36 heavy (non-hydrogen) atoms. The summed E-state index contributed by atoms with van der Waals surface area (Å²) in [5, 5.41) is 2.59. The van der Waals surface area contributed by atoms with Gasteiger partial charge in [0.1, 0.15) is 24.0 Å². The summed E-state index contributed by atoms with van der Waals surface area (Å²) in [6.45, 7) is 4.64. The van der Waals surface area contributed by atoms with Gasteiger partial charge < -0.3 is 24.3 Å². The quantitative estimate of drug-likeness (QED) is 0.487. The van der Waals surface area contributed by atoms with Gasteiger partial charge in [0.25, 0.3) is 5.91 Å². The summed E-state index contributed by atoms with van der Waals surface area (Å²) < 4.78 is 22.4. The number of carbonyl (C=O) groups is 3. The van der Waals surface area contributed by atoms with Crippen molar-refractivity contribution in [2.75, 3.05) is 7.11 Å². The number of hydrogen-bond acceptors (Lipinski definition) is 8. The number of benzene rings is 1. The van der Waals surface area contributed by atoms with Crippen molar-refractivity contribution in [2.24, 2.45) is 5.92 Å². The fourth-order valence-corrected chi connectivity index (χ4v) is 4.37. The largest absolute Gasteiger partial charge is 0.493 e. The SMILES string of the molecule is COc1ccnc(C(=O)N[C@@H](C)C(=O)O[C@@H](C2CCCCC2)[C@H](C)Oc2ccccc2)c1OC(C)=O. The molecule has 3 rings (SSSR count). The molecule has 9 heteroatoms. The van der Waals surface area contributed by atoms with E-state index in [9.17, 15) is 14.4 Å². The number of nitrogens with one attached hydrogen (secondary N) is 1. The van der Waals surface area contributed by atoms with Crippen LogP contribution in [0.3, 0.4) is 0 Å². The molecule has 1 heterocycles. The van der Waals surface area contributed by atoms with Crippen molar-refractivity contribution in [3.8, 4) is 17.2 Å². The van der Waals surface area contributed by atoms with Gasteiger partial charge in [0.15, 0.2) is 11.4 Å². The predicted octanol–water partition coefficient (Wildman–Crippen LogP) is 4.09. The lowest BCUT2D eigenvalue weighted by Crippen LogP contribution is -2.46. The summed E-state index contributed by atoms with van der Waals surface area (Å²) >= 11 is 0. The highest BCUT2D eigenvalue weighted by Crippen LogP contribution is 2.32. The van der Waals surface area contributed by atoms with Crippen LogP contribution in [0.5, 0.6) is 17.2 Å². The normalized spacial score (nSPS) is 16.2. The second-order valence-electron chi connectivity index (χ2n) is 8.92. The molecule has 2 aromatic rings. The van der Waals surface area contributed by atoms with E-state index in [2.05, 4.69) is 10.3 Å². The Kier molecular flexibility index (Phi) is 9.67. The van der Waals surface area contributed by atoms with Crippen LogP contribution in [-0.2, 0) is 14.3 Å². The van der Waals surface area contributed by atoms with E-state index in [-0.39, 0.29) is 29.2 Å². The molecule has 3 atom stereocenters. The van der Waals surface area contributed by atoms with Gasteiger partial charge in [-0.2, -0.15) is 0 Å². The minimum Gasteiger partial charge on any atom is -0.493 e. The summed E-state index contributed by atoms with van der Waals surface area (Å²) in [5.41, 5.74) is -0.172. The average Bonchev–Trinajstić information content (AvgIpc) is 2.87. The van der Waals surface area contributed by atoms with E-state index in [4.69, 9.17) is 18.9 Å². The first-order chi connectivity index (χ1) is 17.3. The van der Waals surface area contributed by atoms with Gasteiger partial charge in [0.2, 0.25) is 5.75 Å². The topological polar surface area (TPSA) is 113 Å². The van der Waals surface area contributed by atoms with Gasteiger partial charge in [-0.05, 0) is 44.7 Å². The van der Waals surface area contributed by atoms with E-state index in [1.807, 2.05) is 37.3 Å². The Hall–Kier alpha value is -3.62. The Balaban J connectivity index is 1.72. The third kappa shape index (κ3) is 7.19. The molecule has 0 aliphatic heterocycles. The lowest BCUT2D eigenvalue weighted by molar-refractivity contribution is -0.160. The molecule has 0 radical (unpaired) electrons. The molecule has 194 valence electrons. The van der Waals surface area contributed by atoms with Crippen LogP contribution < -0.4 is 19.5 Å². The molecule has 0 spiro atoms. The van der Waals surface area contributed by atoms with Crippen molar-refractivity contribution in [1.29, 1.82) is 0 Å². The maximum Gasteiger partial charge on any atom is 0.328 e. The third-order valence-corrected chi connectivity index (χ3v) is 6.14. The zero-order valence-corrected chi connectivity index (χ0v) is 21.2. The number of aromatic nitrogens is 1. The number of ether oxygens (including phenoxy) is 4. The molecule has 1 aliphatic carbocycles. The Bertz CT molecular complexity index is 1040. The van der Waals surface area contributed by atoms with Crippen LogP contribution in [0.4, 0.5) is 0 Å². The summed E-state index contributed by atoms with van der Waals surface area (Å²) in [4.78, 5) is 41.6. The Morgan fingerprint density at radius 3 is 2.36 bits per heavy atom. The average molecular weight is 499 g/mol. The Morgan fingerprint density at radius 1 is 1.03 bits per heavy atom. The predicted molar refractivity (Wildman–Crippen MR) is 132 cm³/mol. The van der Waals surface area contributed by atoms with Gasteiger partial charge in [0, 0.05) is 19.2 Å². The molecule has 0 saturated heterocycles. The van der Waals surface area contributed by atoms with Crippen molar-refractivity contribution in [3.05, 3.63) is 48.3 Å². The molecule has 1 saturated carbocycles. The number of rotatable bonds is 10. The fraction of sp³-hybridized carbons (Fsp3) is 0.481. The van der Waals surface area contributed by atoms with Gasteiger partial charge in [0.05, 0.1) is 7.11 Å². The minimum absolute atomic E-state index is 0.115. The van der Waals surface area contributed by atoms with E-state index >= 15 is 0 Å². The number of hydrogen-bond donors (Lipinski definition) is 1. The van der Waals surface area contributed by atoms with E-state index in [0.717, 1.165) is 32.1 Å². The molecule has 1 aliphatic rings. The van der Waals surface area contributed by atoms with Crippen LogP contribution in [0.1, 0.15) is 63.4 Å². The Labute approximate surface area is 211 Å². The smallest absolute Gasteiger partial charge is 0.328 e. The van der Waals surface area contributed by atoms with Crippen LogP contribution in [0.2, 0.25) is 0 Å². The molecule has 1 N–H and O–H groups in total. The highest BCUT2D eigenvalue weighted by Gasteiger charge is 2.34. The first-order valence-electron chi connectivity index (χ1n) is 12.2. The van der Waals surface area contributed by atoms with Crippen molar-refractivity contribution >= 4 is 17.8 Å². The van der Waals surface area contributed by atoms with Crippen LogP contribution in [0, 0.1) is 5.92 Å². The number of carbonyl (C=O) groups excluding carboxylic acids is 3. The third-order valence-electron chi connectivity index (χ3n) is 6.14. The lowest BCUT2D eigenvalue weighted by Gasteiger charge is -2.34. The monoisotopic (exact) mass is 498 g/mol. The standard InChI is InChI=1S/C27H34N2O7/c1-17(29-26(31)23-25(35-19(3)30)22(33-4)15-16-28-23)27(32)36-24(20-11-7-5-8-12-20)18(2)34-21-13-9-6-10-14-21/h6,9-10,13-18,20,24H,5,7-8,11-12H2,1-4H3,(H,29,31)/t17-,18-,24+/m0/s1. The lowest BCUT2D eigenvalue weighted by atomic mass is 9.83. The van der Waals surface area contributed by atoms with Gasteiger partial charge in [-0.15, -0.1) is 0 Å². The van der Waals surface area contributed by atoms with Crippen molar-refractivity contribution in [2.45, 2.75) is 71.1 Å². The van der Waals surface area contributed by atoms with Gasteiger partial charge in [-0.25, -0.2) is 9.78 Å². The molecule has 1 aromatic heterocycles. The number of pyridine rings is 1. The number of nitrogens with zero attached hydrogens (tertiary/aromatic N) is 1. The molecule has 1 fully saturated rings. The van der Waals surface area contributed by atoms with Crippen LogP contribution in [-0.4, -0.2) is 48.2 Å². The van der Waals surface area contributed by atoms with Crippen LogP contribution in [0.25, 0.3) is 0 Å². The highest BCUT2D eigenvalue weighted by molar-refractivity contribution is 5.98. The number of para-hydroxylation sites is 1. The molecule has 1 aromatic carbocycles. The van der Waals surface area contributed by atoms with Gasteiger partial charge in [-0.3, -0.25) is 9.59 Å². The van der Waals surface area contributed by atoms with Crippen molar-refractivity contribution in [3.63, 3.8) is 0 Å². The van der Waals surface area contributed by atoms with Crippen LogP contribution >= 0.6 is 0 Å². The van der Waals surface area contributed by atoms with Crippen molar-refractivity contribution < 1.29 is 33.3 Å². The van der Waals surface area contributed by atoms with E-state index in [0.29, 0.717) is 5.75 Å². The molecule has 0 unspecified atom stereocenters. The molecule has 1 amide bonds. The molecular formula is C27H34N2O7. The first kappa shape index (κ1) is 27.0. The number of amides is 1. The zero-order valence-electron chi connectivity index (χ0n) is 21.2. The van der Waals surface area contributed by atoms with Gasteiger partial charge >= 0.3 is 11.9 Å². The molecular weight excluding hydrogens is 464 g/mol. The zero-order chi connectivity index (χ0) is 26.1. The van der Waals surface area contributed by atoms with E-state index in [1.54, 1.807) is 0 Å².